The minimum atomic E-state index is -1.21. The van der Waals surface area contributed by atoms with Crippen LogP contribution in [0.4, 0.5) is 5.69 Å². The minimum absolute atomic E-state index is 0.0317. The summed E-state index contributed by atoms with van der Waals surface area (Å²) in [6.07, 6.45) is 2.34. The van der Waals surface area contributed by atoms with Crippen LogP contribution >= 0.6 is 0 Å². The molecule has 5 nitrogen and oxygen atoms in total. The summed E-state index contributed by atoms with van der Waals surface area (Å²) in [6.45, 7) is 4.79. The lowest BCUT2D eigenvalue weighted by Gasteiger charge is -2.26. The number of carboxylic acid groups (broad SMARTS) is 1. The van der Waals surface area contributed by atoms with Crippen molar-refractivity contribution in [1.82, 2.24) is 0 Å². The summed E-state index contributed by atoms with van der Waals surface area (Å²) in [7, 11) is 0. The van der Waals surface area contributed by atoms with Crippen molar-refractivity contribution in [2.45, 2.75) is 19.8 Å². The number of carbonyl (C=O) groups excluding carboxylic acids is 2. The van der Waals surface area contributed by atoms with Crippen LogP contribution in [0.3, 0.4) is 0 Å². The van der Waals surface area contributed by atoms with E-state index in [9.17, 15) is 14.7 Å². The molecule has 2 N–H and O–H groups in total. The Balaban J connectivity index is 1.83. The van der Waals surface area contributed by atoms with Crippen molar-refractivity contribution >= 4 is 17.6 Å². The molecule has 108 valence electrons. The molecule has 0 bridgehead atoms. The van der Waals surface area contributed by atoms with E-state index in [1.54, 1.807) is 12.1 Å². The predicted molar refractivity (Wildman–Crippen MR) is 73.4 cm³/mol. The fraction of sp³-hybridized carbons (Fsp3) is 0.467. The lowest BCUT2D eigenvalue weighted by molar-refractivity contribution is -0.897. The van der Waals surface area contributed by atoms with E-state index in [4.69, 9.17) is 0 Å². The molecule has 5 heteroatoms. The van der Waals surface area contributed by atoms with Crippen molar-refractivity contribution in [1.29, 1.82) is 0 Å². The zero-order valence-corrected chi connectivity index (χ0v) is 11.6. The molecule has 1 saturated heterocycles. The lowest BCUT2D eigenvalue weighted by Crippen LogP contribution is -3.14. The number of piperidine rings is 1. The molecule has 1 aromatic carbocycles. The minimum Gasteiger partial charge on any atom is -0.545 e. The number of rotatable bonds is 4. The molecule has 0 spiro atoms. The van der Waals surface area contributed by atoms with E-state index >= 15 is 0 Å². The maximum atomic E-state index is 11.9. The van der Waals surface area contributed by atoms with Crippen molar-refractivity contribution in [3.8, 4) is 0 Å². The summed E-state index contributed by atoms with van der Waals surface area (Å²) in [5, 5.41) is 13.4. The molecule has 0 aliphatic carbocycles. The number of hydrogen-bond acceptors (Lipinski definition) is 3. The molecule has 1 fully saturated rings. The van der Waals surface area contributed by atoms with Crippen molar-refractivity contribution in [3.63, 3.8) is 0 Å². The third-order valence-corrected chi connectivity index (χ3v) is 3.80. The van der Waals surface area contributed by atoms with E-state index in [1.807, 2.05) is 0 Å². The lowest BCUT2D eigenvalue weighted by atomic mass is 9.99. The van der Waals surface area contributed by atoms with Gasteiger partial charge in [0, 0.05) is 5.69 Å². The maximum absolute atomic E-state index is 11.9. The monoisotopic (exact) mass is 276 g/mol. The molecule has 0 atom stereocenters. The number of carboxylic acids is 1. The first-order valence-electron chi connectivity index (χ1n) is 6.99. The van der Waals surface area contributed by atoms with Gasteiger partial charge in [-0.2, -0.15) is 0 Å². The summed E-state index contributed by atoms with van der Waals surface area (Å²) in [5.41, 5.74) is 0.725. The maximum Gasteiger partial charge on any atom is 0.279 e. The first-order chi connectivity index (χ1) is 9.54. The van der Waals surface area contributed by atoms with E-state index in [1.165, 1.54) is 29.9 Å². The van der Waals surface area contributed by atoms with Gasteiger partial charge in [0.15, 0.2) is 6.54 Å². The predicted octanol–water partition coefficient (Wildman–Crippen LogP) is -0.697. The van der Waals surface area contributed by atoms with Gasteiger partial charge < -0.3 is 20.1 Å². The SMILES string of the molecule is CC1CC[NH+](CC(=O)Nc2ccc(C(=O)[O-])cc2)CC1. The molecule has 1 aliphatic rings. The quantitative estimate of drug-likeness (QED) is 0.764. The zero-order chi connectivity index (χ0) is 14.5. The van der Waals surface area contributed by atoms with Crippen LogP contribution < -0.4 is 15.3 Å². The molecule has 20 heavy (non-hydrogen) atoms. The molecular weight excluding hydrogens is 256 g/mol. The van der Waals surface area contributed by atoms with Crippen LogP contribution in [0.25, 0.3) is 0 Å². The highest BCUT2D eigenvalue weighted by Gasteiger charge is 2.21. The number of carbonyl (C=O) groups is 2. The van der Waals surface area contributed by atoms with Crippen LogP contribution in [0.5, 0.6) is 0 Å². The van der Waals surface area contributed by atoms with Gasteiger partial charge in [0.2, 0.25) is 0 Å². The number of quaternary nitrogens is 1. The van der Waals surface area contributed by atoms with Gasteiger partial charge in [0.25, 0.3) is 5.91 Å². The van der Waals surface area contributed by atoms with E-state index in [0.717, 1.165) is 19.0 Å². The molecule has 0 saturated carbocycles. The summed E-state index contributed by atoms with van der Waals surface area (Å²) in [5.74, 6) is -0.482. The Morgan fingerprint density at radius 3 is 2.40 bits per heavy atom. The van der Waals surface area contributed by atoms with E-state index in [2.05, 4.69) is 12.2 Å². The number of nitrogens with one attached hydrogen (secondary N) is 2. The Bertz CT molecular complexity index is 476. The Hall–Kier alpha value is -1.88. The van der Waals surface area contributed by atoms with Crippen LogP contribution in [0.15, 0.2) is 24.3 Å². The summed E-state index contributed by atoms with van der Waals surface area (Å²) in [6, 6.07) is 6.02. The Morgan fingerprint density at radius 2 is 1.85 bits per heavy atom. The summed E-state index contributed by atoms with van der Waals surface area (Å²) < 4.78 is 0. The van der Waals surface area contributed by atoms with Gasteiger partial charge in [-0.25, -0.2) is 0 Å². The third kappa shape index (κ3) is 4.06. The number of amides is 1. The summed E-state index contributed by atoms with van der Waals surface area (Å²) in [4.78, 5) is 23.9. The molecule has 1 amide bonds. The average molecular weight is 276 g/mol. The molecule has 1 aromatic rings. The van der Waals surface area contributed by atoms with Gasteiger partial charge in [0.1, 0.15) is 0 Å². The fourth-order valence-corrected chi connectivity index (χ4v) is 2.47. The second kappa shape index (κ2) is 6.52. The zero-order valence-electron chi connectivity index (χ0n) is 11.6. The number of anilines is 1. The molecule has 0 radical (unpaired) electrons. The van der Waals surface area contributed by atoms with E-state index in [-0.39, 0.29) is 11.5 Å². The van der Waals surface area contributed by atoms with Crippen LogP contribution in [0, 0.1) is 5.92 Å². The van der Waals surface area contributed by atoms with Crippen LogP contribution in [0.1, 0.15) is 30.1 Å². The van der Waals surface area contributed by atoms with Gasteiger partial charge in [-0.1, -0.05) is 19.1 Å². The Morgan fingerprint density at radius 1 is 1.25 bits per heavy atom. The first-order valence-corrected chi connectivity index (χ1v) is 6.99. The van der Waals surface area contributed by atoms with Crippen LogP contribution in [-0.2, 0) is 4.79 Å². The molecule has 1 heterocycles. The molecule has 0 unspecified atom stereocenters. The number of benzene rings is 1. The standard InChI is InChI=1S/C15H20N2O3/c1-11-6-8-17(9-7-11)10-14(18)16-13-4-2-12(3-5-13)15(19)20/h2-5,11H,6-10H2,1H3,(H,16,18)(H,19,20). The number of aromatic carboxylic acids is 1. The van der Waals surface area contributed by atoms with Gasteiger partial charge in [-0.3, -0.25) is 4.79 Å². The second-order valence-corrected chi connectivity index (χ2v) is 5.52. The van der Waals surface area contributed by atoms with Gasteiger partial charge in [-0.15, -0.1) is 0 Å². The van der Waals surface area contributed by atoms with Crippen molar-refractivity contribution in [3.05, 3.63) is 29.8 Å². The molecule has 2 rings (SSSR count). The largest absolute Gasteiger partial charge is 0.545 e. The normalized spacial score (nSPS) is 22.2. The van der Waals surface area contributed by atoms with Gasteiger partial charge in [-0.05, 0) is 36.5 Å². The van der Waals surface area contributed by atoms with Crippen LogP contribution in [0.2, 0.25) is 0 Å². The Kier molecular flexibility index (Phi) is 4.74. The number of hydrogen-bond donors (Lipinski definition) is 2. The van der Waals surface area contributed by atoms with Crippen molar-refractivity contribution in [2.24, 2.45) is 5.92 Å². The topological polar surface area (TPSA) is 73.7 Å². The van der Waals surface area contributed by atoms with E-state index in [0.29, 0.717) is 12.2 Å². The second-order valence-electron chi connectivity index (χ2n) is 5.52. The van der Waals surface area contributed by atoms with Crippen LogP contribution in [-0.4, -0.2) is 31.5 Å². The highest BCUT2D eigenvalue weighted by atomic mass is 16.4. The van der Waals surface area contributed by atoms with Crippen molar-refractivity contribution in [2.75, 3.05) is 25.0 Å². The summed E-state index contributed by atoms with van der Waals surface area (Å²) >= 11 is 0. The van der Waals surface area contributed by atoms with Gasteiger partial charge in [0.05, 0.1) is 19.1 Å². The highest BCUT2D eigenvalue weighted by Crippen LogP contribution is 2.09. The van der Waals surface area contributed by atoms with E-state index < -0.39 is 5.97 Å². The number of likely N-dealkylation sites (tertiary alicyclic amines) is 1. The molecule has 1 aliphatic heterocycles. The van der Waals surface area contributed by atoms with Crippen molar-refractivity contribution < 1.29 is 19.6 Å². The highest BCUT2D eigenvalue weighted by molar-refractivity contribution is 5.92. The molecule has 0 aromatic heterocycles. The third-order valence-electron chi connectivity index (χ3n) is 3.80. The Labute approximate surface area is 118 Å². The smallest absolute Gasteiger partial charge is 0.279 e. The average Bonchev–Trinajstić information content (AvgIpc) is 2.42. The van der Waals surface area contributed by atoms with Gasteiger partial charge >= 0.3 is 0 Å². The first kappa shape index (κ1) is 14.5. The molecular formula is C15H20N2O3. The fourth-order valence-electron chi connectivity index (χ4n) is 2.47.